The highest BCUT2D eigenvalue weighted by molar-refractivity contribution is 5.78. The van der Waals surface area contributed by atoms with Crippen molar-refractivity contribution in [2.75, 3.05) is 13.2 Å². The molecular weight excluding hydrogens is 204 g/mol. The first-order valence-electron chi connectivity index (χ1n) is 6.30. The first-order valence-corrected chi connectivity index (χ1v) is 6.30. The number of carbonyl (C=O) groups is 1. The van der Waals surface area contributed by atoms with Crippen molar-refractivity contribution in [3.8, 4) is 0 Å². The number of nitrogens with two attached hydrogens (primary N) is 1. The van der Waals surface area contributed by atoms with Crippen LogP contribution >= 0.6 is 0 Å². The maximum Gasteiger partial charge on any atom is 0.223 e. The second-order valence-corrected chi connectivity index (χ2v) is 4.82. The maximum atomic E-state index is 11.8. The quantitative estimate of drug-likeness (QED) is 0.624. The van der Waals surface area contributed by atoms with Gasteiger partial charge in [-0.1, -0.05) is 13.3 Å². The molecule has 94 valence electrons. The number of hydrogen-bond donors (Lipinski definition) is 3. The highest BCUT2D eigenvalue weighted by Crippen LogP contribution is 2.25. The lowest BCUT2D eigenvalue weighted by Crippen LogP contribution is -2.41. The molecule has 0 aliphatic heterocycles. The summed E-state index contributed by atoms with van der Waals surface area (Å²) in [6, 6.07) is 0.179. The number of nitrogens with one attached hydrogen (secondary N) is 1. The zero-order chi connectivity index (χ0) is 12.0. The Hall–Kier alpha value is -0.610. The van der Waals surface area contributed by atoms with E-state index in [0.717, 1.165) is 32.1 Å². The summed E-state index contributed by atoms with van der Waals surface area (Å²) in [7, 11) is 0. The number of hydrogen-bond acceptors (Lipinski definition) is 3. The van der Waals surface area contributed by atoms with Gasteiger partial charge in [0.25, 0.3) is 0 Å². The van der Waals surface area contributed by atoms with Crippen LogP contribution in [0.2, 0.25) is 0 Å². The molecule has 1 fully saturated rings. The van der Waals surface area contributed by atoms with Crippen molar-refractivity contribution in [3.05, 3.63) is 0 Å². The molecule has 1 saturated carbocycles. The van der Waals surface area contributed by atoms with Gasteiger partial charge in [-0.15, -0.1) is 0 Å². The molecule has 0 aromatic carbocycles. The summed E-state index contributed by atoms with van der Waals surface area (Å²) in [4.78, 5) is 11.8. The summed E-state index contributed by atoms with van der Waals surface area (Å²) in [5, 5.41) is 12.2. The average Bonchev–Trinajstić information content (AvgIpc) is 2.72. The first kappa shape index (κ1) is 13.5. The fourth-order valence-electron chi connectivity index (χ4n) is 2.33. The van der Waals surface area contributed by atoms with Crippen molar-refractivity contribution in [3.63, 3.8) is 0 Å². The van der Waals surface area contributed by atoms with E-state index in [-0.39, 0.29) is 30.4 Å². The lowest BCUT2D eigenvalue weighted by atomic mass is 10.0. The third kappa shape index (κ3) is 3.76. The molecule has 0 spiro atoms. The second-order valence-electron chi connectivity index (χ2n) is 4.82. The molecule has 0 aromatic heterocycles. The van der Waals surface area contributed by atoms with E-state index in [1.54, 1.807) is 0 Å². The van der Waals surface area contributed by atoms with Crippen LogP contribution in [-0.4, -0.2) is 30.2 Å². The normalized spacial score (nSPS) is 26.7. The molecule has 1 amide bonds. The van der Waals surface area contributed by atoms with Gasteiger partial charge in [0.15, 0.2) is 0 Å². The Morgan fingerprint density at radius 3 is 2.94 bits per heavy atom. The van der Waals surface area contributed by atoms with E-state index in [9.17, 15) is 4.79 Å². The molecule has 0 bridgehead atoms. The van der Waals surface area contributed by atoms with Gasteiger partial charge in [-0.3, -0.25) is 4.79 Å². The number of rotatable bonds is 6. The third-order valence-electron chi connectivity index (χ3n) is 3.51. The van der Waals surface area contributed by atoms with E-state index >= 15 is 0 Å². The molecule has 1 rings (SSSR count). The summed E-state index contributed by atoms with van der Waals surface area (Å²) in [5.74, 6) is 0.396. The van der Waals surface area contributed by atoms with Crippen LogP contribution in [0.4, 0.5) is 0 Å². The Balaban J connectivity index is 2.32. The Bertz CT molecular complexity index is 221. The van der Waals surface area contributed by atoms with Crippen LogP contribution in [0.15, 0.2) is 0 Å². The van der Waals surface area contributed by atoms with Crippen molar-refractivity contribution in [2.45, 2.75) is 45.1 Å². The molecule has 0 saturated heterocycles. The molecule has 4 heteroatoms. The maximum absolute atomic E-state index is 11.8. The van der Waals surface area contributed by atoms with Crippen molar-refractivity contribution in [2.24, 2.45) is 17.6 Å². The summed E-state index contributed by atoms with van der Waals surface area (Å²) in [6.45, 7) is 2.76. The summed E-state index contributed by atoms with van der Waals surface area (Å²) >= 11 is 0. The molecule has 0 heterocycles. The molecule has 4 N–H and O–H groups in total. The summed E-state index contributed by atoms with van der Waals surface area (Å²) < 4.78 is 0. The number of carbonyl (C=O) groups excluding carboxylic acids is 1. The minimum Gasteiger partial charge on any atom is -0.396 e. The fourth-order valence-corrected chi connectivity index (χ4v) is 2.33. The van der Waals surface area contributed by atoms with Gasteiger partial charge in [-0.25, -0.2) is 0 Å². The molecule has 1 aliphatic rings. The highest BCUT2D eigenvalue weighted by Gasteiger charge is 2.28. The van der Waals surface area contributed by atoms with Gasteiger partial charge in [0.1, 0.15) is 0 Å². The Morgan fingerprint density at radius 1 is 1.56 bits per heavy atom. The van der Waals surface area contributed by atoms with Gasteiger partial charge < -0.3 is 16.2 Å². The molecule has 0 aromatic rings. The number of amides is 1. The predicted molar refractivity (Wildman–Crippen MR) is 63.8 cm³/mol. The van der Waals surface area contributed by atoms with Gasteiger partial charge in [0.05, 0.1) is 0 Å². The van der Waals surface area contributed by atoms with Gasteiger partial charge in [-0.05, 0) is 32.2 Å². The number of aliphatic hydroxyl groups excluding tert-OH is 1. The van der Waals surface area contributed by atoms with E-state index in [1.807, 2.05) is 6.92 Å². The van der Waals surface area contributed by atoms with Crippen molar-refractivity contribution >= 4 is 5.91 Å². The topological polar surface area (TPSA) is 75.4 Å². The van der Waals surface area contributed by atoms with Crippen LogP contribution in [0.5, 0.6) is 0 Å². The van der Waals surface area contributed by atoms with Crippen LogP contribution in [-0.2, 0) is 4.79 Å². The standard InChI is InChI=1S/C12H24N2O2/c1-9(4-3-7-13)12(16)14-11-6-2-5-10(11)8-15/h9-11,15H,2-8,13H2,1H3,(H,14,16). The van der Waals surface area contributed by atoms with E-state index in [4.69, 9.17) is 10.8 Å². The highest BCUT2D eigenvalue weighted by atomic mass is 16.3. The van der Waals surface area contributed by atoms with Gasteiger partial charge in [0, 0.05) is 24.5 Å². The van der Waals surface area contributed by atoms with Crippen LogP contribution in [0.3, 0.4) is 0 Å². The fraction of sp³-hybridized carbons (Fsp3) is 0.917. The first-order chi connectivity index (χ1) is 7.69. The van der Waals surface area contributed by atoms with Crippen LogP contribution < -0.4 is 11.1 Å². The lowest BCUT2D eigenvalue weighted by Gasteiger charge is -2.21. The van der Waals surface area contributed by atoms with Crippen LogP contribution in [0.25, 0.3) is 0 Å². The van der Waals surface area contributed by atoms with E-state index in [2.05, 4.69) is 5.32 Å². The van der Waals surface area contributed by atoms with Gasteiger partial charge in [0.2, 0.25) is 5.91 Å². The van der Waals surface area contributed by atoms with E-state index < -0.39 is 0 Å². The Labute approximate surface area is 97.6 Å². The van der Waals surface area contributed by atoms with Crippen molar-refractivity contribution in [1.29, 1.82) is 0 Å². The minimum absolute atomic E-state index is 0.0310. The van der Waals surface area contributed by atoms with Crippen molar-refractivity contribution < 1.29 is 9.90 Å². The Morgan fingerprint density at radius 2 is 2.31 bits per heavy atom. The third-order valence-corrected chi connectivity index (χ3v) is 3.51. The summed E-state index contributed by atoms with van der Waals surface area (Å²) in [5.41, 5.74) is 5.42. The Kier molecular flexibility index (Phi) is 5.77. The molecule has 16 heavy (non-hydrogen) atoms. The average molecular weight is 228 g/mol. The van der Waals surface area contributed by atoms with Crippen LogP contribution in [0.1, 0.15) is 39.0 Å². The van der Waals surface area contributed by atoms with Crippen LogP contribution in [0, 0.1) is 11.8 Å². The van der Waals surface area contributed by atoms with Crippen molar-refractivity contribution in [1.82, 2.24) is 5.32 Å². The molecule has 0 radical (unpaired) electrons. The zero-order valence-electron chi connectivity index (χ0n) is 10.1. The lowest BCUT2D eigenvalue weighted by molar-refractivity contribution is -0.125. The minimum atomic E-state index is 0.0310. The van der Waals surface area contributed by atoms with E-state index in [1.165, 1.54) is 0 Å². The zero-order valence-corrected chi connectivity index (χ0v) is 10.1. The van der Waals surface area contributed by atoms with Gasteiger partial charge in [-0.2, -0.15) is 0 Å². The monoisotopic (exact) mass is 228 g/mol. The largest absolute Gasteiger partial charge is 0.396 e. The smallest absolute Gasteiger partial charge is 0.223 e. The molecule has 1 aliphatic carbocycles. The molecular formula is C12H24N2O2. The van der Waals surface area contributed by atoms with Gasteiger partial charge >= 0.3 is 0 Å². The SMILES string of the molecule is CC(CCCN)C(=O)NC1CCCC1CO. The molecule has 3 unspecified atom stereocenters. The molecule has 3 atom stereocenters. The molecule has 4 nitrogen and oxygen atoms in total. The second kappa shape index (κ2) is 6.86. The van der Waals surface area contributed by atoms with E-state index in [0.29, 0.717) is 6.54 Å². The number of aliphatic hydroxyl groups is 1. The summed E-state index contributed by atoms with van der Waals surface area (Å²) in [6.07, 6.45) is 4.87. The predicted octanol–water partition coefficient (Wildman–Crippen LogP) is 0.639.